The molecule has 0 saturated carbocycles. The Hall–Kier alpha value is -1.28. The van der Waals surface area contributed by atoms with Gasteiger partial charge < -0.3 is 5.32 Å². The van der Waals surface area contributed by atoms with Crippen LogP contribution in [0.25, 0.3) is 21.5 Å². The zero-order chi connectivity index (χ0) is 18.5. The van der Waals surface area contributed by atoms with E-state index < -0.39 is 0 Å². The van der Waals surface area contributed by atoms with Crippen LogP contribution in [0.2, 0.25) is 13.1 Å². The molecule has 0 unspecified atom stereocenters. The van der Waals surface area contributed by atoms with Crippen LogP contribution in [0.1, 0.15) is 0 Å². The molecule has 1 N–H and O–H groups in total. The van der Waals surface area contributed by atoms with E-state index in [0.29, 0.717) is 0 Å². The average molecular weight is 425 g/mol. The molecule has 128 valence electrons. The first-order valence-electron chi connectivity index (χ1n) is 8.39. The number of rotatable bonds is 0. The van der Waals surface area contributed by atoms with Crippen molar-refractivity contribution in [2.75, 3.05) is 14.1 Å². The van der Waals surface area contributed by atoms with Crippen molar-refractivity contribution >= 4 is 27.0 Å². The molecule has 4 aromatic rings. The summed E-state index contributed by atoms with van der Waals surface area (Å²) in [5, 5.41) is 8.07. The van der Waals surface area contributed by atoms with Gasteiger partial charge in [-0.3, -0.25) is 0 Å². The maximum atomic E-state index is 2.75. The topological polar surface area (TPSA) is 12.0 Å². The summed E-state index contributed by atoms with van der Waals surface area (Å²) in [5.41, 5.74) is 0.210. The first kappa shape index (κ1) is 21.8. The average Bonchev–Trinajstić information content (AvgIpc) is 3.24. The Balaban J connectivity index is 0.000000185. The van der Waals surface area contributed by atoms with Gasteiger partial charge in [0.05, 0.1) is 0 Å². The fourth-order valence-electron chi connectivity index (χ4n) is 2.14. The van der Waals surface area contributed by atoms with Crippen LogP contribution in [0.4, 0.5) is 0 Å². The number of hydrogen-bond donors (Lipinski definition) is 1. The second-order valence-corrected chi connectivity index (χ2v) is 15.2. The molecular formula is C22H27NSiZr. The number of hydrogen-bond acceptors (Lipinski definition) is 1. The SMILES string of the molecule is CNC.C[Si](C)=[Zr+2].c1ccc2[cH-]ccc2c1.c1ccc2[cH-]ccc2c1. The van der Waals surface area contributed by atoms with Crippen molar-refractivity contribution in [3.63, 3.8) is 0 Å². The molecule has 0 fully saturated rings. The maximum Gasteiger partial charge on any atom is -0.0809 e. The monoisotopic (exact) mass is 423 g/mol. The zero-order valence-corrected chi connectivity index (χ0v) is 19.0. The summed E-state index contributed by atoms with van der Waals surface area (Å²) >= 11 is 1.74. The smallest absolute Gasteiger partial charge is 0.0809 e. The van der Waals surface area contributed by atoms with Crippen LogP contribution in [-0.4, -0.2) is 19.5 Å². The Kier molecular flexibility index (Phi) is 11.3. The number of benzene rings is 2. The molecule has 0 spiro atoms. The van der Waals surface area contributed by atoms with Crippen molar-refractivity contribution in [3.8, 4) is 0 Å². The molecule has 0 aromatic heterocycles. The van der Waals surface area contributed by atoms with Gasteiger partial charge in [-0.2, -0.15) is 35.0 Å². The molecule has 0 aliphatic rings. The Morgan fingerprint density at radius 1 is 0.720 bits per heavy atom. The largest absolute Gasteiger partial charge is 0.168 e. The fraction of sp³-hybridized carbons (Fsp3) is 0.182. The molecule has 0 heterocycles. The molecule has 0 aliphatic heterocycles. The van der Waals surface area contributed by atoms with Crippen LogP contribution in [0.3, 0.4) is 0 Å². The second kappa shape index (κ2) is 13.0. The molecule has 0 bridgehead atoms. The summed E-state index contributed by atoms with van der Waals surface area (Å²) in [6, 6.07) is 29.3. The van der Waals surface area contributed by atoms with Crippen molar-refractivity contribution in [3.05, 3.63) is 84.9 Å². The van der Waals surface area contributed by atoms with Gasteiger partial charge >= 0.3 is 41.9 Å². The van der Waals surface area contributed by atoms with Crippen LogP contribution in [-0.2, 0) is 23.3 Å². The van der Waals surface area contributed by atoms with Gasteiger partial charge in [0.2, 0.25) is 0 Å². The van der Waals surface area contributed by atoms with Gasteiger partial charge in [-0.15, -0.1) is 59.3 Å². The summed E-state index contributed by atoms with van der Waals surface area (Å²) in [6.45, 7) is 4.62. The predicted octanol–water partition coefficient (Wildman–Crippen LogP) is 5.74. The van der Waals surface area contributed by atoms with Gasteiger partial charge in [-0.25, -0.2) is 0 Å². The standard InChI is InChI=1S/2C9H7.C2H7N.C2H6Si.Zr/c2*1-2-5-9-7-3-6-8(9)4-1;2*1-3-2;/h2*1-7H;3H,1-2H3;1-2H3;/q2*-1;;;+2. The van der Waals surface area contributed by atoms with E-state index in [0.717, 1.165) is 0 Å². The third kappa shape index (κ3) is 9.11. The van der Waals surface area contributed by atoms with Crippen molar-refractivity contribution in [2.24, 2.45) is 0 Å². The molecule has 0 amide bonds. The number of nitrogens with one attached hydrogen (secondary N) is 1. The van der Waals surface area contributed by atoms with Gasteiger partial charge in [0.15, 0.2) is 0 Å². The maximum absolute atomic E-state index is 2.75. The summed E-state index contributed by atoms with van der Waals surface area (Å²) in [6.07, 6.45) is 0. The van der Waals surface area contributed by atoms with E-state index in [1.807, 2.05) is 14.1 Å². The van der Waals surface area contributed by atoms with Crippen molar-refractivity contribution < 1.29 is 23.3 Å². The molecule has 3 heteroatoms. The van der Waals surface area contributed by atoms with Gasteiger partial charge in [-0.1, -0.05) is 12.1 Å². The first-order valence-corrected chi connectivity index (χ1v) is 14.6. The van der Waals surface area contributed by atoms with E-state index >= 15 is 0 Å². The zero-order valence-electron chi connectivity index (χ0n) is 15.6. The normalized spacial score (nSPS) is 9.20. The third-order valence-corrected chi connectivity index (χ3v) is 3.10. The van der Waals surface area contributed by atoms with Crippen molar-refractivity contribution in [2.45, 2.75) is 13.1 Å². The second-order valence-electron chi connectivity index (χ2n) is 5.81. The van der Waals surface area contributed by atoms with E-state index in [4.69, 9.17) is 0 Å². The van der Waals surface area contributed by atoms with Gasteiger partial charge in [0, 0.05) is 0 Å². The van der Waals surface area contributed by atoms with Crippen LogP contribution in [0, 0.1) is 0 Å². The molecule has 0 saturated heterocycles. The molecule has 4 rings (SSSR count). The van der Waals surface area contributed by atoms with E-state index in [-0.39, 0.29) is 5.43 Å². The first-order chi connectivity index (χ1) is 12.1. The van der Waals surface area contributed by atoms with Crippen LogP contribution in [0.5, 0.6) is 0 Å². The van der Waals surface area contributed by atoms with Crippen LogP contribution in [0.15, 0.2) is 84.9 Å². The van der Waals surface area contributed by atoms with Crippen molar-refractivity contribution in [1.82, 2.24) is 5.32 Å². The van der Waals surface area contributed by atoms with E-state index in [1.165, 1.54) is 21.5 Å². The predicted molar refractivity (Wildman–Crippen MR) is 112 cm³/mol. The van der Waals surface area contributed by atoms with Crippen LogP contribution < -0.4 is 5.32 Å². The van der Waals surface area contributed by atoms with Gasteiger partial charge in [0.25, 0.3) is 0 Å². The summed E-state index contributed by atoms with van der Waals surface area (Å²) in [7, 11) is 3.75. The molecule has 4 aromatic carbocycles. The Bertz CT molecular complexity index is 730. The van der Waals surface area contributed by atoms with Gasteiger partial charge in [-0.05, 0) is 14.1 Å². The molecule has 0 atom stereocenters. The van der Waals surface area contributed by atoms with E-state index in [9.17, 15) is 0 Å². The molecule has 1 nitrogen and oxygen atoms in total. The molecule has 25 heavy (non-hydrogen) atoms. The molecule has 0 aliphatic carbocycles. The number of fused-ring (bicyclic) bond motifs is 2. The minimum Gasteiger partial charge on any atom is -0.168 e. The minimum absolute atomic E-state index is 0.210. The molecule has 0 radical (unpaired) electrons. The summed E-state index contributed by atoms with van der Waals surface area (Å²) in [4.78, 5) is 0. The van der Waals surface area contributed by atoms with Crippen LogP contribution >= 0.6 is 0 Å². The minimum atomic E-state index is 0.210. The fourth-order valence-corrected chi connectivity index (χ4v) is 2.14. The van der Waals surface area contributed by atoms with Crippen molar-refractivity contribution in [1.29, 1.82) is 0 Å². The Morgan fingerprint density at radius 2 is 1.04 bits per heavy atom. The van der Waals surface area contributed by atoms with Gasteiger partial charge in [0.1, 0.15) is 0 Å². The van der Waals surface area contributed by atoms with E-state index in [1.54, 1.807) is 23.3 Å². The Labute approximate surface area is 167 Å². The summed E-state index contributed by atoms with van der Waals surface area (Å²) < 4.78 is 0. The van der Waals surface area contributed by atoms with E-state index in [2.05, 4.69) is 103 Å². The quantitative estimate of drug-likeness (QED) is 0.280. The third-order valence-electron chi connectivity index (χ3n) is 3.10. The Morgan fingerprint density at radius 3 is 1.36 bits per heavy atom. The summed E-state index contributed by atoms with van der Waals surface area (Å²) in [5.74, 6) is 0. The molecular weight excluding hydrogens is 398 g/mol.